The molecule has 0 aliphatic carbocycles. The lowest BCUT2D eigenvalue weighted by molar-refractivity contribution is 0.102. The number of hydrogen-bond donors (Lipinski definition) is 1. The van der Waals surface area contributed by atoms with Crippen molar-refractivity contribution >= 4 is 38.2 Å². The van der Waals surface area contributed by atoms with E-state index in [9.17, 15) is 13.2 Å². The van der Waals surface area contributed by atoms with E-state index < -0.39 is 15.7 Å². The first-order valence-electron chi connectivity index (χ1n) is 10.5. The molecule has 0 aliphatic rings. The number of carbonyl (C=O) groups excluding carboxylic acids is 1. The molecule has 0 saturated heterocycles. The number of amides is 1. The topological polar surface area (TPSA) is 102 Å². The number of anilines is 1. The number of hydrogen-bond acceptors (Lipinski definition) is 6. The molecule has 168 valence electrons. The van der Waals surface area contributed by atoms with E-state index in [4.69, 9.17) is 0 Å². The van der Waals surface area contributed by atoms with Gasteiger partial charge < -0.3 is 9.47 Å². The zero-order chi connectivity index (χ0) is 22.9. The highest BCUT2D eigenvalue weighted by Crippen LogP contribution is 2.22. The minimum absolute atomic E-state index is 0.0355. The summed E-state index contributed by atoms with van der Waals surface area (Å²) in [5.41, 5.74) is 2.14. The second kappa shape index (κ2) is 8.71. The quantitative estimate of drug-likeness (QED) is 0.439. The second-order valence-electron chi connectivity index (χ2n) is 7.53. The third-order valence-electron chi connectivity index (χ3n) is 5.48. The average molecular weight is 455 g/mol. The second-order valence-corrected chi connectivity index (χ2v) is 9.44. The number of fused-ring (bicyclic) bond motifs is 2. The molecule has 4 rings (SSSR count). The molecular formula is C22H26N6O3S. The van der Waals surface area contributed by atoms with Gasteiger partial charge in [0.2, 0.25) is 20.9 Å². The van der Waals surface area contributed by atoms with Gasteiger partial charge in [-0.05, 0) is 37.4 Å². The molecule has 0 radical (unpaired) electrons. The van der Waals surface area contributed by atoms with Gasteiger partial charge in [-0.25, -0.2) is 18.4 Å². The van der Waals surface area contributed by atoms with E-state index in [1.54, 1.807) is 24.4 Å². The van der Waals surface area contributed by atoms with Crippen molar-refractivity contribution in [3.63, 3.8) is 0 Å². The maximum atomic E-state index is 13.2. The van der Waals surface area contributed by atoms with Gasteiger partial charge in [0.05, 0.1) is 16.6 Å². The Morgan fingerprint density at radius 2 is 1.72 bits per heavy atom. The Bertz CT molecular complexity index is 1390. The van der Waals surface area contributed by atoms with Gasteiger partial charge in [0.1, 0.15) is 0 Å². The minimum atomic E-state index is -3.62. The van der Waals surface area contributed by atoms with Gasteiger partial charge in [-0.3, -0.25) is 14.5 Å². The number of benzene rings is 1. The van der Waals surface area contributed by atoms with Crippen molar-refractivity contribution in [1.29, 1.82) is 0 Å². The average Bonchev–Trinajstić information content (AvgIpc) is 3.33. The molecule has 1 aromatic carbocycles. The van der Waals surface area contributed by atoms with Crippen molar-refractivity contribution in [2.75, 3.05) is 31.2 Å². The normalized spacial score (nSPS) is 12.1. The molecule has 0 unspecified atom stereocenters. The van der Waals surface area contributed by atoms with Crippen LogP contribution in [-0.2, 0) is 16.4 Å². The molecule has 1 N–H and O–H groups in total. The fourth-order valence-corrected chi connectivity index (χ4v) is 4.55. The third kappa shape index (κ3) is 4.11. The molecule has 4 aromatic rings. The highest BCUT2D eigenvalue weighted by molar-refractivity contribution is 7.90. The summed E-state index contributed by atoms with van der Waals surface area (Å²) < 4.78 is 27.7. The van der Waals surface area contributed by atoms with E-state index >= 15 is 0 Å². The number of rotatable bonds is 8. The molecule has 0 bridgehead atoms. The highest BCUT2D eigenvalue weighted by Gasteiger charge is 2.24. The van der Waals surface area contributed by atoms with Crippen molar-refractivity contribution in [2.45, 2.75) is 25.5 Å². The van der Waals surface area contributed by atoms with Crippen LogP contribution < -0.4 is 5.32 Å². The smallest absolute Gasteiger partial charge is 0.278 e. The fourth-order valence-electron chi connectivity index (χ4n) is 3.78. The van der Waals surface area contributed by atoms with Gasteiger partial charge in [0, 0.05) is 25.5 Å². The Morgan fingerprint density at radius 3 is 2.44 bits per heavy atom. The summed E-state index contributed by atoms with van der Waals surface area (Å²) in [5.74, 6) is -0.107. The molecule has 3 heterocycles. The van der Waals surface area contributed by atoms with Gasteiger partial charge in [-0.2, -0.15) is 0 Å². The van der Waals surface area contributed by atoms with Crippen LogP contribution in [0.3, 0.4) is 0 Å². The zero-order valence-electron chi connectivity index (χ0n) is 18.3. The Balaban J connectivity index is 1.73. The molecule has 0 saturated carbocycles. The van der Waals surface area contributed by atoms with Crippen LogP contribution in [0, 0.1) is 0 Å². The van der Waals surface area contributed by atoms with E-state index in [0.29, 0.717) is 18.0 Å². The van der Waals surface area contributed by atoms with E-state index in [1.165, 1.54) is 4.40 Å². The highest BCUT2D eigenvalue weighted by atomic mass is 32.2. The van der Waals surface area contributed by atoms with Gasteiger partial charge in [0.25, 0.3) is 5.91 Å². The summed E-state index contributed by atoms with van der Waals surface area (Å²) in [6.45, 7) is 7.54. The number of carbonyl (C=O) groups is 1. The first-order chi connectivity index (χ1) is 15.3. The van der Waals surface area contributed by atoms with Crippen LogP contribution in [0.5, 0.6) is 0 Å². The van der Waals surface area contributed by atoms with Crippen molar-refractivity contribution in [2.24, 2.45) is 0 Å². The first-order valence-corrected chi connectivity index (χ1v) is 12.4. The largest absolute Gasteiger partial charge is 0.309 e. The maximum Gasteiger partial charge on any atom is 0.278 e. The number of pyridine rings is 1. The monoisotopic (exact) mass is 454 g/mol. The molecule has 9 nitrogen and oxygen atoms in total. The molecule has 0 spiro atoms. The van der Waals surface area contributed by atoms with Crippen molar-refractivity contribution in [3.05, 3.63) is 54.4 Å². The summed E-state index contributed by atoms with van der Waals surface area (Å²) in [6.07, 6.45) is 2.65. The predicted octanol–water partition coefficient (Wildman–Crippen LogP) is 2.68. The lowest BCUT2D eigenvalue weighted by Crippen LogP contribution is -2.27. The molecule has 0 atom stereocenters. The van der Waals surface area contributed by atoms with Crippen molar-refractivity contribution < 1.29 is 13.2 Å². The molecule has 10 heteroatoms. The van der Waals surface area contributed by atoms with Gasteiger partial charge in [-0.1, -0.05) is 32.0 Å². The Morgan fingerprint density at radius 1 is 1.03 bits per heavy atom. The standard InChI is InChI=1S/C22H26N6O3S/c1-4-26(5-2)14-15-27-17-11-7-6-10-16(17)23-21(27)25-20(29)19-18-12-8-9-13-28(18)22(24-19)32(3,30)31/h6-13H,4-5,14-15H2,1-3H3,(H,23,25,29). The molecule has 0 aliphatic heterocycles. The van der Waals surface area contributed by atoms with Crippen LogP contribution >= 0.6 is 0 Å². The lowest BCUT2D eigenvalue weighted by Gasteiger charge is -2.19. The van der Waals surface area contributed by atoms with Crippen LogP contribution in [0.25, 0.3) is 16.6 Å². The summed E-state index contributed by atoms with van der Waals surface area (Å²) in [7, 11) is -3.62. The summed E-state index contributed by atoms with van der Waals surface area (Å²) in [6, 6.07) is 12.8. The van der Waals surface area contributed by atoms with E-state index in [1.807, 2.05) is 28.8 Å². The Labute approximate surface area is 186 Å². The molecule has 0 fully saturated rings. The van der Waals surface area contributed by atoms with Crippen LogP contribution in [-0.4, -0.2) is 64.1 Å². The van der Waals surface area contributed by atoms with Crippen LogP contribution in [0.15, 0.2) is 53.8 Å². The molecular weight excluding hydrogens is 428 g/mol. The van der Waals surface area contributed by atoms with Crippen molar-refractivity contribution in [3.8, 4) is 0 Å². The SMILES string of the molecule is CCN(CC)CCn1c(NC(=O)c2nc(S(C)(=O)=O)n3ccccc23)nc2ccccc21. The van der Waals surface area contributed by atoms with Gasteiger partial charge in [-0.15, -0.1) is 0 Å². The number of sulfone groups is 1. The van der Waals surface area contributed by atoms with Crippen molar-refractivity contribution in [1.82, 2.24) is 23.8 Å². The number of likely N-dealkylation sites (N-methyl/N-ethyl adjacent to an activating group) is 1. The Hall–Kier alpha value is -3.24. The first kappa shape index (κ1) is 22.0. The Kier molecular flexibility index (Phi) is 5.98. The number of imidazole rings is 2. The summed E-state index contributed by atoms with van der Waals surface area (Å²) >= 11 is 0. The van der Waals surface area contributed by atoms with E-state index in [2.05, 4.69) is 34.0 Å². The van der Waals surface area contributed by atoms with Crippen LogP contribution in [0.4, 0.5) is 5.95 Å². The van der Waals surface area contributed by atoms with Crippen LogP contribution in [0.1, 0.15) is 24.3 Å². The van der Waals surface area contributed by atoms with Gasteiger partial charge in [0.15, 0.2) is 5.69 Å². The molecule has 1 amide bonds. The van der Waals surface area contributed by atoms with E-state index in [-0.39, 0.29) is 10.9 Å². The summed E-state index contributed by atoms with van der Waals surface area (Å²) in [4.78, 5) is 24.3. The molecule has 32 heavy (non-hydrogen) atoms. The molecule has 3 aromatic heterocycles. The minimum Gasteiger partial charge on any atom is -0.309 e. The number of para-hydroxylation sites is 2. The number of nitrogens with zero attached hydrogens (tertiary/aromatic N) is 5. The maximum absolute atomic E-state index is 13.2. The summed E-state index contributed by atoms with van der Waals surface area (Å²) in [5, 5.41) is 2.68. The van der Waals surface area contributed by atoms with Gasteiger partial charge >= 0.3 is 0 Å². The lowest BCUT2D eigenvalue weighted by atomic mass is 10.3. The fraction of sp³-hybridized carbons (Fsp3) is 0.318. The predicted molar refractivity (Wildman–Crippen MR) is 124 cm³/mol. The zero-order valence-corrected chi connectivity index (χ0v) is 19.1. The third-order valence-corrected chi connectivity index (χ3v) is 6.43. The number of aromatic nitrogens is 4. The van der Waals surface area contributed by atoms with E-state index in [0.717, 1.165) is 36.9 Å². The van der Waals surface area contributed by atoms with Crippen LogP contribution in [0.2, 0.25) is 0 Å². The number of nitrogens with one attached hydrogen (secondary N) is 1.